The molecule has 0 fully saturated rings. The Balaban J connectivity index is 1.64. The van der Waals surface area contributed by atoms with E-state index < -0.39 is 17.7 Å². The zero-order chi connectivity index (χ0) is 23.1. The first kappa shape index (κ1) is 23.5. The highest BCUT2D eigenvalue weighted by molar-refractivity contribution is 9.10. The lowest BCUT2D eigenvalue weighted by Crippen LogP contribution is -2.33. The summed E-state index contributed by atoms with van der Waals surface area (Å²) in [6.07, 6.45) is 1.28. The van der Waals surface area contributed by atoms with Gasteiger partial charge in [0.2, 0.25) is 0 Å². The molecule has 3 aromatic rings. The second kappa shape index (κ2) is 10.9. The van der Waals surface area contributed by atoms with Gasteiger partial charge in [-0.15, -0.1) is 0 Å². The molecule has 0 spiro atoms. The van der Waals surface area contributed by atoms with Gasteiger partial charge in [-0.1, -0.05) is 57.3 Å². The van der Waals surface area contributed by atoms with E-state index in [0.717, 1.165) is 4.47 Å². The van der Waals surface area contributed by atoms with Gasteiger partial charge in [0.05, 0.1) is 22.5 Å². The van der Waals surface area contributed by atoms with Crippen molar-refractivity contribution in [2.45, 2.75) is 0 Å². The first-order chi connectivity index (χ1) is 15.3. The lowest BCUT2D eigenvalue weighted by atomic mass is 10.1. The van der Waals surface area contributed by atoms with Crippen LogP contribution in [0.15, 0.2) is 76.3 Å². The largest absolute Gasteiger partial charge is 0.329 e. The maximum atomic E-state index is 12.6. The van der Waals surface area contributed by atoms with E-state index in [1.54, 1.807) is 48.5 Å². The van der Waals surface area contributed by atoms with Crippen LogP contribution in [0.25, 0.3) is 0 Å². The highest BCUT2D eigenvalue weighted by atomic mass is 79.9. The van der Waals surface area contributed by atoms with Gasteiger partial charge in [-0.3, -0.25) is 14.4 Å². The lowest BCUT2D eigenvalue weighted by Gasteiger charge is -2.11. The van der Waals surface area contributed by atoms with Crippen molar-refractivity contribution in [1.82, 2.24) is 5.43 Å². The second-order valence-corrected chi connectivity index (χ2v) is 8.08. The summed E-state index contributed by atoms with van der Waals surface area (Å²) in [5.74, 6) is -2.46. The summed E-state index contributed by atoms with van der Waals surface area (Å²) in [5, 5.41) is 9.66. The fourth-order valence-corrected chi connectivity index (χ4v) is 3.24. The predicted molar refractivity (Wildman–Crippen MR) is 129 cm³/mol. The number of halogens is 3. The van der Waals surface area contributed by atoms with Crippen LogP contribution in [0.3, 0.4) is 0 Å². The third kappa shape index (κ3) is 6.40. The average molecular weight is 534 g/mol. The van der Waals surface area contributed by atoms with E-state index in [2.05, 4.69) is 37.1 Å². The van der Waals surface area contributed by atoms with Crippen LogP contribution in [-0.4, -0.2) is 23.9 Å². The maximum Gasteiger partial charge on any atom is 0.329 e. The summed E-state index contributed by atoms with van der Waals surface area (Å²) in [7, 11) is 0. The Morgan fingerprint density at radius 2 is 1.59 bits per heavy atom. The molecule has 0 bridgehead atoms. The molecule has 0 atom stereocenters. The molecule has 0 heterocycles. The summed E-state index contributed by atoms with van der Waals surface area (Å²) in [6.45, 7) is 0. The highest BCUT2D eigenvalue weighted by Gasteiger charge is 2.17. The Hall–Kier alpha value is -3.20. The molecule has 3 rings (SSSR count). The number of hydrogen-bond acceptors (Lipinski definition) is 4. The monoisotopic (exact) mass is 532 g/mol. The molecule has 0 saturated heterocycles. The predicted octanol–water partition coefficient (Wildman–Crippen LogP) is 5.10. The molecule has 0 radical (unpaired) electrons. The minimum atomic E-state index is -1.02. The SMILES string of the molecule is O=C(NN=Cc1ccc(Cl)cc1Cl)C(=O)Nc1ccccc1C(=O)Nc1ccc(Br)cc1. The van der Waals surface area contributed by atoms with Gasteiger partial charge in [0.1, 0.15) is 0 Å². The number of anilines is 2. The van der Waals surface area contributed by atoms with Gasteiger partial charge in [-0.05, 0) is 48.5 Å². The molecule has 3 N–H and O–H groups in total. The minimum Gasteiger partial charge on any atom is -0.322 e. The minimum absolute atomic E-state index is 0.173. The summed E-state index contributed by atoms with van der Waals surface area (Å²) < 4.78 is 0.871. The van der Waals surface area contributed by atoms with Crippen LogP contribution in [0.4, 0.5) is 11.4 Å². The molecule has 162 valence electrons. The topological polar surface area (TPSA) is 99.7 Å². The van der Waals surface area contributed by atoms with Gasteiger partial charge in [-0.2, -0.15) is 5.10 Å². The first-order valence-electron chi connectivity index (χ1n) is 9.09. The third-order valence-corrected chi connectivity index (χ3v) is 5.15. The van der Waals surface area contributed by atoms with E-state index in [9.17, 15) is 14.4 Å². The number of hydrogen-bond donors (Lipinski definition) is 3. The van der Waals surface area contributed by atoms with E-state index >= 15 is 0 Å². The Bertz CT molecular complexity index is 1200. The molecule has 3 amide bonds. The third-order valence-electron chi connectivity index (χ3n) is 4.06. The van der Waals surface area contributed by atoms with Crippen molar-refractivity contribution in [3.05, 3.63) is 92.4 Å². The van der Waals surface area contributed by atoms with Crippen molar-refractivity contribution in [2.24, 2.45) is 5.10 Å². The summed E-state index contributed by atoms with van der Waals surface area (Å²) in [5.41, 5.74) is 3.55. The summed E-state index contributed by atoms with van der Waals surface area (Å²) in [4.78, 5) is 37.0. The quantitative estimate of drug-likeness (QED) is 0.242. The standard InChI is InChI=1S/C22H15BrCl2N4O3/c23-14-6-9-16(10-7-14)27-20(30)17-3-1-2-4-19(17)28-21(31)22(32)29-26-12-13-5-8-15(24)11-18(13)25/h1-12H,(H,27,30)(H,28,31)(H,29,32). The zero-order valence-electron chi connectivity index (χ0n) is 16.2. The molecule has 3 aromatic carbocycles. The lowest BCUT2D eigenvalue weighted by molar-refractivity contribution is -0.136. The molecule has 0 aliphatic carbocycles. The van der Waals surface area contributed by atoms with E-state index in [-0.39, 0.29) is 11.3 Å². The van der Waals surface area contributed by atoms with Crippen molar-refractivity contribution in [3.63, 3.8) is 0 Å². The maximum absolute atomic E-state index is 12.6. The average Bonchev–Trinajstić information content (AvgIpc) is 2.77. The van der Waals surface area contributed by atoms with Crippen LogP contribution < -0.4 is 16.1 Å². The molecule has 7 nitrogen and oxygen atoms in total. The van der Waals surface area contributed by atoms with E-state index in [4.69, 9.17) is 23.2 Å². The van der Waals surface area contributed by atoms with Crippen LogP contribution in [-0.2, 0) is 9.59 Å². The van der Waals surface area contributed by atoms with Gasteiger partial charge < -0.3 is 10.6 Å². The van der Waals surface area contributed by atoms with E-state index in [1.807, 2.05) is 0 Å². The molecule has 0 unspecified atom stereocenters. The number of carbonyl (C=O) groups is 3. The Morgan fingerprint density at radius 3 is 2.31 bits per heavy atom. The molecule has 0 aliphatic heterocycles. The van der Waals surface area contributed by atoms with Crippen molar-refractivity contribution >= 4 is 74.4 Å². The fraction of sp³-hybridized carbons (Fsp3) is 0. The zero-order valence-corrected chi connectivity index (χ0v) is 19.3. The number of hydrazone groups is 1. The highest BCUT2D eigenvalue weighted by Crippen LogP contribution is 2.20. The number of rotatable bonds is 5. The van der Waals surface area contributed by atoms with E-state index in [0.29, 0.717) is 21.3 Å². The van der Waals surface area contributed by atoms with Gasteiger partial charge in [-0.25, -0.2) is 5.43 Å². The van der Waals surface area contributed by atoms with Gasteiger partial charge in [0, 0.05) is 20.7 Å². The van der Waals surface area contributed by atoms with Gasteiger partial charge in [0.25, 0.3) is 5.91 Å². The molecule has 0 aliphatic rings. The molecule has 0 saturated carbocycles. The van der Waals surface area contributed by atoms with Crippen LogP contribution in [0, 0.1) is 0 Å². The molecule has 32 heavy (non-hydrogen) atoms. The van der Waals surface area contributed by atoms with Crippen molar-refractivity contribution in [3.8, 4) is 0 Å². The van der Waals surface area contributed by atoms with E-state index in [1.165, 1.54) is 24.4 Å². The molecule has 0 aromatic heterocycles. The van der Waals surface area contributed by atoms with Crippen LogP contribution in [0.1, 0.15) is 15.9 Å². The second-order valence-electron chi connectivity index (χ2n) is 6.33. The summed E-state index contributed by atoms with van der Waals surface area (Å²) >= 11 is 15.2. The number of carbonyl (C=O) groups excluding carboxylic acids is 3. The Morgan fingerprint density at radius 1 is 0.875 bits per heavy atom. The number of nitrogens with one attached hydrogen (secondary N) is 3. The summed E-state index contributed by atoms with van der Waals surface area (Å²) in [6, 6.07) is 18.1. The smallest absolute Gasteiger partial charge is 0.322 e. The normalized spacial score (nSPS) is 10.6. The van der Waals surface area contributed by atoms with Gasteiger partial charge >= 0.3 is 11.8 Å². The van der Waals surface area contributed by atoms with Crippen molar-refractivity contribution in [1.29, 1.82) is 0 Å². The van der Waals surface area contributed by atoms with Gasteiger partial charge in [0.15, 0.2) is 0 Å². The van der Waals surface area contributed by atoms with Crippen LogP contribution >= 0.6 is 39.1 Å². The van der Waals surface area contributed by atoms with Crippen molar-refractivity contribution < 1.29 is 14.4 Å². The molecular weight excluding hydrogens is 519 g/mol. The first-order valence-corrected chi connectivity index (χ1v) is 10.6. The van der Waals surface area contributed by atoms with Crippen LogP contribution in [0.5, 0.6) is 0 Å². The van der Waals surface area contributed by atoms with Crippen molar-refractivity contribution in [2.75, 3.05) is 10.6 Å². The Kier molecular flexibility index (Phi) is 7.99. The Labute approximate surface area is 201 Å². The molecule has 10 heteroatoms. The number of benzene rings is 3. The number of para-hydroxylation sites is 1. The fourth-order valence-electron chi connectivity index (χ4n) is 2.52. The number of amides is 3. The molecular formula is C22H15BrCl2N4O3. The number of nitrogens with zero attached hydrogens (tertiary/aromatic N) is 1. The van der Waals surface area contributed by atoms with Crippen LogP contribution in [0.2, 0.25) is 10.0 Å².